The van der Waals surface area contributed by atoms with Crippen molar-refractivity contribution in [3.05, 3.63) is 224 Å². The van der Waals surface area contributed by atoms with E-state index >= 15 is 0 Å². The summed E-state index contributed by atoms with van der Waals surface area (Å²) in [6, 6.07) is 30.1. The summed E-state index contributed by atoms with van der Waals surface area (Å²) in [6.45, 7) is 9.17. The Labute approximate surface area is 858 Å². The van der Waals surface area contributed by atoms with Crippen LogP contribution < -0.4 is 131 Å². The largest absolute Gasteiger partial charge is 1.00 e. The topological polar surface area (TPSA) is 410 Å². The number of amides is 1. The number of hydrogen-bond donors (Lipinski definition) is 3. The van der Waals surface area contributed by atoms with Gasteiger partial charge in [-0.3, -0.25) is 27.8 Å². The summed E-state index contributed by atoms with van der Waals surface area (Å²) < 4.78 is 237. The number of H-pyrrole nitrogens is 1. The van der Waals surface area contributed by atoms with Gasteiger partial charge in [-0.25, -0.2) is 39.2 Å². The molecule has 1 atom stereocenters. The molecule has 0 spiro atoms. The second kappa shape index (κ2) is 71.8. The van der Waals surface area contributed by atoms with Crippen molar-refractivity contribution in [2.75, 3.05) is 153 Å². The van der Waals surface area contributed by atoms with Crippen molar-refractivity contribution < 1.29 is 222 Å². The second-order valence-electron chi connectivity index (χ2n) is 25.6. The fraction of sp³-hybridized carbons (Fsp3) is 0.356. The number of nitrogens with zero attached hydrogens (tertiary/aromatic N) is 3. The first kappa shape index (κ1) is 132. The number of aldehydes is 1. The van der Waals surface area contributed by atoms with Gasteiger partial charge in [-0.1, -0.05) is 53.5 Å². The molecule has 4 radical (unpaired) electrons. The number of aromatic hydroxyl groups is 1. The average Bonchev–Trinajstić information content (AvgIpc) is 1.74. The normalized spacial score (nSPS) is 11.0. The fourth-order valence-corrected chi connectivity index (χ4v) is 11.8. The quantitative estimate of drug-likeness (QED) is 0.00550. The van der Waals surface area contributed by atoms with Crippen LogP contribution in [0.5, 0.6) is 86.2 Å². The van der Waals surface area contributed by atoms with Gasteiger partial charge in [-0.05, 0) is 25.8 Å². The molecular formula is C90H106BCl3F8N4Na2O28S2. The van der Waals surface area contributed by atoms with E-state index in [0.29, 0.717) is 89.3 Å². The van der Waals surface area contributed by atoms with E-state index in [2.05, 4.69) is 24.6 Å². The zero-order valence-electron chi connectivity index (χ0n) is 80.5. The Morgan fingerprint density at radius 1 is 0.558 bits per heavy atom. The standard InChI is InChI=1S/C27H29FN2O6.C12H15FO4.C10H10FNO2.C10H13FO5S.C9H11FO3.C9H9FO3.C8H9FO2.C2H4Cl2O.CH3ClO2S.CH3F.CN.B.2Na/c1-4-36-15-19-22(23-20(34-2)12-18(28)13-21(23)35-3)25(31)24(26(32)29-19)27(33)30-11-10-17(14-30)16-8-6-5-7-9-16;1-4-17-12(14)7-9-10(15-2)5-8(13)6-11(9)16-3;1-13-9-5-7(11)6-10(14-2)8(9)3-4-12;1-14-9-4-7(11)5-10(15-2)8(9)6-16-17(3,12)13;2*1-12-8-3-6(10)4-9(13-2)7(8)5-11;1-10-7-3-6(9)4-8(5-7)11-2;1-5-2(3)4;1-5(2,3)4;2*1-2;;;/h5-9,12-13,17H,4,10-11,14-15H2,1-3H3,(H2,29,31,32);5-6H,4,7H2,1-3H3;5-6H,3H2,1-2H3;4-5H,6H2,1-3H3;3-4,11H,5H2,1-2H3;3-5H,1-2H3;3-5H,1-2H3;2H,1H3;1H3;1H3;;;;/q;;;;;;;;;;2*-1;2*+1/t17-;;;;;;;;;;;;;/m0............./s1/i;;;;;;;;;1D;;;;. The minimum Gasteiger partial charge on any atom is -1.00 e. The number of hydrogen-bond acceptors (Lipinski definition) is 30. The van der Waals surface area contributed by atoms with Crippen molar-refractivity contribution in [2.24, 2.45) is 0 Å². The van der Waals surface area contributed by atoms with Crippen LogP contribution >= 0.6 is 33.9 Å². The minimum atomic E-state index is -3.59. The van der Waals surface area contributed by atoms with Gasteiger partial charge >= 0.3 is 65.1 Å². The SMILES string of the molecule is CCOC(=O)Cc1c(OC)cc(F)cc1OC.CCOCc1[nH]c(=O)c(C(=O)N2CC[C@H](c3ccccc3)C2)c(O)c1-c1c(OC)cc(F)cc1OC.COC(Cl)Cl.COc1cc(F)cc(OC)c1.COc1cc(F)cc(OC)c1C=O.COc1cc(F)cc(OC)c1CC#N.COc1cc(F)cc(OC)c1CO.COc1cc(F)cc(OC)c1COS(C)(=O)=O.CS(=O)(=O)Cl.[2H]CF.[B-].[C-]#N.[Na+].[Na+]. The maximum absolute atomic E-state index is 14.2. The van der Waals surface area contributed by atoms with E-state index in [0.717, 1.165) is 60.9 Å². The van der Waals surface area contributed by atoms with Crippen LogP contribution in [0.15, 0.2) is 126 Å². The summed E-state index contributed by atoms with van der Waals surface area (Å²) in [4.78, 5) is 52.9. The molecule has 1 aliphatic heterocycles. The van der Waals surface area contributed by atoms with Gasteiger partial charge in [0.15, 0.2) is 6.29 Å². The van der Waals surface area contributed by atoms with Crippen molar-refractivity contribution in [3.8, 4) is 103 Å². The molecule has 1 fully saturated rings. The molecule has 1 saturated heterocycles. The van der Waals surface area contributed by atoms with Crippen molar-refractivity contribution in [3.63, 3.8) is 0 Å². The molecule has 2 heterocycles. The predicted molar refractivity (Wildman–Crippen MR) is 491 cm³/mol. The Bertz CT molecular complexity index is 5430. The summed E-state index contributed by atoms with van der Waals surface area (Å²) in [5, 5.41) is 34.5. The molecule has 8 aromatic carbocycles. The van der Waals surface area contributed by atoms with E-state index in [-0.39, 0.29) is 180 Å². The van der Waals surface area contributed by atoms with Gasteiger partial charge in [0, 0.05) is 140 Å². The number of pyridine rings is 1. The first-order valence-electron chi connectivity index (χ1n) is 39.2. The van der Waals surface area contributed by atoms with Crippen molar-refractivity contribution in [2.45, 2.75) is 63.9 Å². The average molecular weight is 2070 g/mol. The van der Waals surface area contributed by atoms with Gasteiger partial charge in [-0.15, -0.1) is 0 Å². The molecule has 1 aliphatic rings. The molecule has 32 nitrogen and oxygen atoms in total. The maximum Gasteiger partial charge on any atom is 1.00 e. The third kappa shape index (κ3) is 46.5. The van der Waals surface area contributed by atoms with Crippen molar-refractivity contribution >= 4 is 79.6 Å². The number of carbonyl (C=O) groups is 3. The van der Waals surface area contributed by atoms with Crippen molar-refractivity contribution in [1.82, 2.24) is 9.88 Å². The Kier molecular flexibility index (Phi) is 68.4. The Morgan fingerprint density at radius 2 is 0.899 bits per heavy atom. The van der Waals surface area contributed by atoms with E-state index in [9.17, 15) is 76.2 Å². The number of likely N-dealkylation sites (tertiary alicyclic amines) is 1. The third-order valence-corrected chi connectivity index (χ3v) is 18.2. The van der Waals surface area contributed by atoms with Crippen LogP contribution in [0.25, 0.3) is 11.1 Å². The first-order chi connectivity index (χ1) is 64.5. The summed E-state index contributed by atoms with van der Waals surface area (Å²) in [6.07, 6.45) is 3.28. The maximum atomic E-state index is 14.2. The number of nitriles is 1. The summed E-state index contributed by atoms with van der Waals surface area (Å²) in [7, 11) is 17.7. The van der Waals surface area contributed by atoms with E-state index < -0.39 is 95.0 Å². The molecule has 0 aliphatic carbocycles. The minimum absolute atomic E-state index is 0. The third-order valence-electron chi connectivity index (χ3n) is 17.3. The molecule has 3 N–H and O–H groups in total. The molecule has 138 heavy (non-hydrogen) atoms. The number of aliphatic hydroxyl groups excluding tert-OH is 1. The Hall–Kier alpha value is -10.6. The van der Waals surface area contributed by atoms with Gasteiger partial charge in [-0.2, -0.15) is 13.7 Å². The van der Waals surface area contributed by atoms with Crippen LogP contribution in [-0.2, 0) is 75.0 Å². The summed E-state index contributed by atoms with van der Waals surface area (Å²) in [5.41, 5.74) is 2.52. The monoisotopic (exact) mass is 2070 g/mol. The molecule has 0 saturated carbocycles. The number of carbonyl (C=O) groups excluding carboxylic acids is 3. The molecule has 748 valence electrons. The number of nitrogens with one attached hydrogen (secondary N) is 1. The molecular weight excluding hydrogens is 1960 g/mol. The molecule has 9 aromatic rings. The summed E-state index contributed by atoms with van der Waals surface area (Å²) in [5.74, 6) is -1.25. The molecule has 0 bridgehead atoms. The van der Waals surface area contributed by atoms with Gasteiger partial charge < -0.3 is 121 Å². The number of alkyl halides is 3. The van der Waals surface area contributed by atoms with E-state index in [1.165, 1.54) is 155 Å². The number of benzene rings is 8. The number of esters is 1. The van der Waals surface area contributed by atoms with Crippen LogP contribution in [0.2, 0.25) is 0 Å². The van der Waals surface area contributed by atoms with E-state index in [1.807, 2.05) is 36.4 Å². The molecule has 10 rings (SSSR count). The summed E-state index contributed by atoms with van der Waals surface area (Å²) >= 11 is 10.0. The van der Waals surface area contributed by atoms with Crippen molar-refractivity contribution in [1.29, 1.82) is 10.5 Å². The number of aromatic nitrogens is 1. The van der Waals surface area contributed by atoms with Gasteiger partial charge in [0.05, 0.1) is 205 Å². The van der Waals surface area contributed by atoms with Crippen LogP contribution in [0.1, 0.15) is 81.8 Å². The van der Waals surface area contributed by atoms with Crippen LogP contribution in [0.4, 0.5) is 35.1 Å². The first-order valence-corrected chi connectivity index (χ1v) is 43.9. The molecule has 1 aromatic heterocycles. The number of aliphatic hydroxyl groups is 1. The number of halogens is 11. The number of aromatic amines is 1. The van der Waals surface area contributed by atoms with E-state index in [1.54, 1.807) is 24.8 Å². The molecule has 48 heteroatoms. The zero-order chi connectivity index (χ0) is 104. The van der Waals surface area contributed by atoms with Gasteiger partial charge in [0.1, 0.15) is 133 Å². The number of methoxy groups -OCH3 is 15. The number of rotatable bonds is 30. The smallest absolute Gasteiger partial charge is 1.00 e. The predicted octanol–water partition coefficient (Wildman–Crippen LogP) is 9.97. The van der Waals surface area contributed by atoms with Crippen LogP contribution in [0.3, 0.4) is 0 Å². The molecule has 0 unspecified atom stereocenters. The Morgan fingerprint density at radius 3 is 1.22 bits per heavy atom. The molecule has 1 amide bonds. The van der Waals surface area contributed by atoms with Crippen LogP contribution in [-0.4, -0.2) is 221 Å². The van der Waals surface area contributed by atoms with Gasteiger partial charge in [0.2, 0.25) is 14.1 Å². The fourth-order valence-electron chi connectivity index (χ4n) is 11.5. The van der Waals surface area contributed by atoms with Gasteiger partial charge in [0.25, 0.3) is 21.6 Å². The zero-order valence-corrected chi connectivity index (χ0v) is 87.4. The number of ether oxygens (including phenoxy) is 17. The Balaban J connectivity index is -0.000000772. The van der Waals surface area contributed by atoms with Crippen LogP contribution in [0, 0.1) is 63.9 Å². The van der Waals surface area contributed by atoms with E-state index in [4.69, 9.17) is 123 Å². The second-order valence-corrected chi connectivity index (χ2v) is 31.4.